The first-order valence-electron chi connectivity index (χ1n) is 9.72. The zero-order valence-electron chi connectivity index (χ0n) is 16.9. The molecule has 31 heavy (non-hydrogen) atoms. The van der Waals surface area contributed by atoms with E-state index in [0.29, 0.717) is 6.42 Å². The number of phosphoric ester groups is 1. The van der Waals surface area contributed by atoms with E-state index in [0.717, 1.165) is 5.56 Å². The van der Waals surface area contributed by atoms with Gasteiger partial charge in [0.05, 0.1) is 19.3 Å². The molecule has 168 valence electrons. The first kappa shape index (κ1) is 22.1. The molecule has 1 aromatic heterocycles. The number of nitrogens with zero attached hydrogens (tertiary/aromatic N) is 3. The number of aliphatic hydroxyl groups excluding tert-OH is 1. The molecule has 11 nitrogen and oxygen atoms in total. The lowest BCUT2D eigenvalue weighted by molar-refractivity contribution is -0.111. The lowest BCUT2D eigenvalue weighted by Gasteiger charge is -2.35. The van der Waals surface area contributed by atoms with Crippen molar-refractivity contribution < 1.29 is 33.1 Å². The molecule has 2 unspecified atom stereocenters. The third kappa shape index (κ3) is 4.44. The Balaban J connectivity index is 1.42. The van der Waals surface area contributed by atoms with Crippen LogP contribution in [0.2, 0.25) is 0 Å². The Morgan fingerprint density at radius 1 is 1.45 bits per heavy atom. The molecule has 12 heteroatoms. The summed E-state index contributed by atoms with van der Waals surface area (Å²) in [7, 11) is -3.90. The highest BCUT2D eigenvalue weighted by atomic mass is 31.2. The Bertz CT molecular complexity index is 938. The fourth-order valence-corrected chi connectivity index (χ4v) is 5.02. The summed E-state index contributed by atoms with van der Waals surface area (Å²) in [6, 6.07) is 3.53. The second kappa shape index (κ2) is 8.44. The van der Waals surface area contributed by atoms with Crippen LogP contribution in [0.25, 0.3) is 0 Å². The summed E-state index contributed by atoms with van der Waals surface area (Å²) in [5.74, 6) is 0.499. The second-order valence-electron chi connectivity index (χ2n) is 7.61. The van der Waals surface area contributed by atoms with Gasteiger partial charge in [0.1, 0.15) is 29.5 Å². The molecule has 3 aliphatic heterocycles. The van der Waals surface area contributed by atoms with Crippen LogP contribution in [-0.4, -0.2) is 63.2 Å². The van der Waals surface area contributed by atoms with Gasteiger partial charge in [0.2, 0.25) is 0 Å². The number of hydrogen-bond acceptors (Lipinski definition) is 11. The number of rotatable bonds is 5. The van der Waals surface area contributed by atoms with Crippen LogP contribution in [0, 0.1) is 0 Å². The molecule has 4 heterocycles. The average Bonchev–Trinajstić information content (AvgIpc) is 2.96. The van der Waals surface area contributed by atoms with Crippen molar-refractivity contribution in [2.24, 2.45) is 10.7 Å². The zero-order valence-corrected chi connectivity index (χ0v) is 17.8. The van der Waals surface area contributed by atoms with Crippen molar-refractivity contribution in [2.75, 3.05) is 13.2 Å². The van der Waals surface area contributed by atoms with Crippen LogP contribution in [0.5, 0.6) is 0 Å². The van der Waals surface area contributed by atoms with Gasteiger partial charge in [-0.15, -0.1) is 0 Å². The van der Waals surface area contributed by atoms with E-state index in [9.17, 15) is 14.8 Å². The summed E-state index contributed by atoms with van der Waals surface area (Å²) in [6.45, 7) is 5.05. The molecule has 0 bridgehead atoms. The molecule has 0 aliphatic carbocycles. The molecule has 3 aliphatic rings. The third-order valence-electron chi connectivity index (χ3n) is 5.33. The van der Waals surface area contributed by atoms with Crippen molar-refractivity contribution in [3.8, 4) is 0 Å². The van der Waals surface area contributed by atoms with Gasteiger partial charge in [0, 0.05) is 25.0 Å². The van der Waals surface area contributed by atoms with Crippen LogP contribution in [-0.2, 0) is 22.9 Å². The van der Waals surface area contributed by atoms with Gasteiger partial charge in [0.25, 0.3) is 0 Å². The molecule has 0 aromatic carbocycles. The number of aliphatic imine (C=N–C) groups is 1. The monoisotopic (exact) mass is 452 g/mol. The second-order valence-corrected chi connectivity index (χ2v) is 9.23. The van der Waals surface area contributed by atoms with Crippen LogP contribution in [0.3, 0.4) is 0 Å². The summed E-state index contributed by atoms with van der Waals surface area (Å²) >= 11 is 0. The molecule has 4 N–H and O–H groups in total. The van der Waals surface area contributed by atoms with Gasteiger partial charge in [-0.3, -0.25) is 18.6 Å². The van der Waals surface area contributed by atoms with E-state index in [1.807, 2.05) is 0 Å². The van der Waals surface area contributed by atoms with Gasteiger partial charge in [-0.05, 0) is 30.7 Å². The van der Waals surface area contributed by atoms with E-state index in [1.54, 1.807) is 30.7 Å². The Morgan fingerprint density at radius 3 is 2.90 bits per heavy atom. The topological polar surface area (TPSA) is 149 Å². The predicted octanol–water partition coefficient (Wildman–Crippen LogP) is 1.18. The average molecular weight is 452 g/mol. The van der Waals surface area contributed by atoms with Gasteiger partial charge in [-0.25, -0.2) is 9.56 Å². The maximum absolute atomic E-state index is 13.0. The number of nitrogens with two attached hydrogens (primary N) is 1. The van der Waals surface area contributed by atoms with Crippen LogP contribution >= 0.6 is 7.82 Å². The highest BCUT2D eigenvalue weighted by Crippen LogP contribution is 2.57. The van der Waals surface area contributed by atoms with Gasteiger partial charge >= 0.3 is 7.82 Å². The molecular weight excluding hydrogens is 427 g/mol. The zero-order chi connectivity index (χ0) is 22.2. The van der Waals surface area contributed by atoms with Gasteiger partial charge < -0.3 is 25.6 Å². The smallest absolute Gasteiger partial charge is 0.387 e. The van der Waals surface area contributed by atoms with E-state index >= 15 is 0 Å². The van der Waals surface area contributed by atoms with Crippen LogP contribution in [0.4, 0.5) is 0 Å². The highest BCUT2D eigenvalue weighted by molar-refractivity contribution is 7.48. The van der Waals surface area contributed by atoms with Gasteiger partial charge in [0.15, 0.2) is 6.23 Å². The van der Waals surface area contributed by atoms with Crippen molar-refractivity contribution in [1.82, 2.24) is 9.88 Å². The minimum absolute atomic E-state index is 0.177. The molecular formula is C19H25N4O7P. The molecule has 0 radical (unpaired) electrons. The number of ether oxygens (including phenoxy) is 1. The number of aromatic nitrogens is 1. The third-order valence-corrected chi connectivity index (χ3v) is 6.81. The van der Waals surface area contributed by atoms with E-state index < -0.39 is 38.0 Å². The van der Waals surface area contributed by atoms with Gasteiger partial charge in [-0.1, -0.05) is 6.58 Å². The van der Waals surface area contributed by atoms with Crippen molar-refractivity contribution >= 4 is 13.7 Å². The molecule has 0 amide bonds. The van der Waals surface area contributed by atoms with Crippen molar-refractivity contribution in [1.29, 1.82) is 0 Å². The van der Waals surface area contributed by atoms with Crippen molar-refractivity contribution in [2.45, 2.75) is 43.5 Å². The predicted molar refractivity (Wildman–Crippen MR) is 109 cm³/mol. The van der Waals surface area contributed by atoms with Crippen molar-refractivity contribution in [3.05, 3.63) is 54.8 Å². The molecule has 2 saturated heterocycles. The molecule has 1 aromatic rings. The van der Waals surface area contributed by atoms with Crippen molar-refractivity contribution in [3.63, 3.8) is 0 Å². The fraction of sp³-hybridized carbons (Fsp3) is 0.474. The van der Waals surface area contributed by atoms with E-state index in [-0.39, 0.29) is 24.9 Å². The fourth-order valence-electron chi connectivity index (χ4n) is 3.63. The first-order valence-corrected chi connectivity index (χ1v) is 11.2. The van der Waals surface area contributed by atoms with Crippen LogP contribution in [0.15, 0.2) is 54.2 Å². The summed E-state index contributed by atoms with van der Waals surface area (Å²) in [6.07, 6.45) is 2.95. The Kier molecular flexibility index (Phi) is 6.01. The Labute approximate surface area is 179 Å². The molecule has 0 spiro atoms. The Hall–Kier alpha value is -2.11. The number of phosphoric acid groups is 1. The molecule has 2 fully saturated rings. The maximum atomic E-state index is 13.0. The summed E-state index contributed by atoms with van der Waals surface area (Å²) in [5, 5.41) is 21.5. The lowest BCUT2D eigenvalue weighted by atomic mass is 9.96. The quantitative estimate of drug-likeness (QED) is 0.556. The minimum Gasteiger partial charge on any atom is -0.387 e. The van der Waals surface area contributed by atoms with E-state index in [2.05, 4.69) is 16.6 Å². The summed E-state index contributed by atoms with van der Waals surface area (Å²) in [4.78, 5) is 9.45. The number of amidine groups is 1. The normalized spacial score (nSPS) is 38.4. The minimum atomic E-state index is -3.90. The van der Waals surface area contributed by atoms with E-state index in [1.165, 1.54) is 17.9 Å². The van der Waals surface area contributed by atoms with Crippen LogP contribution < -0.4 is 5.73 Å². The Morgan fingerprint density at radius 2 is 2.19 bits per heavy atom. The maximum Gasteiger partial charge on any atom is 0.475 e. The first-order chi connectivity index (χ1) is 14.7. The van der Waals surface area contributed by atoms with Gasteiger partial charge in [-0.2, -0.15) is 0 Å². The SMILES string of the molecule is C=C1N=C(N)C=CN1[C@@H]1O[C@H](COP2(=O)OCCC(c3ccncc3)O2)[C@@H](O)[C@@]1(C)O. The number of pyridine rings is 1. The highest BCUT2D eigenvalue weighted by Gasteiger charge is 2.55. The largest absolute Gasteiger partial charge is 0.475 e. The summed E-state index contributed by atoms with van der Waals surface area (Å²) in [5.41, 5.74) is 4.75. The lowest BCUT2D eigenvalue weighted by Crippen LogP contribution is -2.51. The number of hydrogen-bond donors (Lipinski definition) is 3. The number of aliphatic hydroxyl groups is 2. The molecule has 4 rings (SSSR count). The van der Waals surface area contributed by atoms with E-state index in [4.69, 9.17) is 24.0 Å². The van der Waals surface area contributed by atoms with Crippen LogP contribution in [0.1, 0.15) is 25.0 Å². The molecule has 6 atom stereocenters. The summed E-state index contributed by atoms with van der Waals surface area (Å²) < 4.78 is 35.1. The standard InChI is InChI=1S/C19H25N4O7P/c1-12-22-16(20)5-9-23(12)18-19(2,25)17(24)15(29-18)11-28-31(26)27-10-6-14(30-31)13-3-7-21-8-4-13/h3-5,7-9,14-15,17-18,24-25H,1,6,10-11H2,2H3,(H2,20,22)/t14?,15-,17-,18-,19-,31?/m1/s1. The molecule has 0 saturated carbocycles.